The number of rotatable bonds is 2. The highest BCUT2D eigenvalue weighted by Crippen LogP contribution is 2.22. The average molecular weight is 299 g/mol. The highest BCUT2D eigenvalue weighted by atomic mass is 35.5. The van der Waals surface area contributed by atoms with Crippen LogP contribution in [0.2, 0.25) is 10.0 Å². The number of benzene rings is 1. The minimum atomic E-state index is 0.0229. The van der Waals surface area contributed by atoms with Crippen LogP contribution in [0.15, 0.2) is 24.3 Å². The molecule has 0 spiro atoms. The fourth-order valence-corrected chi connectivity index (χ4v) is 2.44. The zero-order valence-electron chi connectivity index (χ0n) is 10.5. The molecule has 1 saturated heterocycles. The Hall–Kier alpha value is -1.03. The van der Waals surface area contributed by atoms with Gasteiger partial charge in [-0.25, -0.2) is 0 Å². The van der Waals surface area contributed by atoms with Gasteiger partial charge >= 0.3 is 0 Å². The van der Waals surface area contributed by atoms with Crippen LogP contribution >= 0.6 is 23.2 Å². The number of carbonyl (C=O) groups excluding carboxylic acids is 1. The molecule has 0 atom stereocenters. The van der Waals surface area contributed by atoms with Gasteiger partial charge < -0.3 is 10.2 Å². The summed E-state index contributed by atoms with van der Waals surface area (Å²) in [7, 11) is 0. The second-order valence-electron chi connectivity index (χ2n) is 4.43. The zero-order chi connectivity index (χ0) is 13.7. The average Bonchev–Trinajstić information content (AvgIpc) is 2.66. The van der Waals surface area contributed by atoms with Crippen molar-refractivity contribution >= 4 is 35.2 Å². The summed E-state index contributed by atoms with van der Waals surface area (Å²) in [5.74, 6) is 0.0229. The fraction of sp³-hybridized carbons (Fsp3) is 0.357. The van der Waals surface area contributed by atoms with Crippen molar-refractivity contribution < 1.29 is 4.79 Å². The van der Waals surface area contributed by atoms with E-state index in [2.05, 4.69) is 5.32 Å². The summed E-state index contributed by atoms with van der Waals surface area (Å²) >= 11 is 11.9. The van der Waals surface area contributed by atoms with Crippen LogP contribution in [-0.4, -0.2) is 37.0 Å². The summed E-state index contributed by atoms with van der Waals surface area (Å²) < 4.78 is 0. The molecule has 0 aromatic heterocycles. The van der Waals surface area contributed by atoms with E-state index in [0.29, 0.717) is 10.0 Å². The van der Waals surface area contributed by atoms with Crippen molar-refractivity contribution in [3.8, 4) is 0 Å². The first-order valence-corrected chi connectivity index (χ1v) is 7.05. The van der Waals surface area contributed by atoms with Crippen molar-refractivity contribution in [2.45, 2.75) is 6.42 Å². The maximum atomic E-state index is 12.0. The lowest BCUT2D eigenvalue weighted by atomic mass is 10.2. The van der Waals surface area contributed by atoms with E-state index in [1.54, 1.807) is 30.4 Å². The van der Waals surface area contributed by atoms with Gasteiger partial charge in [0.15, 0.2) is 0 Å². The molecule has 1 aliphatic rings. The number of amides is 1. The van der Waals surface area contributed by atoms with Crippen LogP contribution in [0.5, 0.6) is 0 Å². The molecule has 0 aliphatic carbocycles. The number of nitrogens with zero attached hydrogens (tertiary/aromatic N) is 1. The van der Waals surface area contributed by atoms with Crippen LogP contribution in [0.4, 0.5) is 0 Å². The lowest BCUT2D eigenvalue weighted by molar-refractivity contribution is -0.125. The first kappa shape index (κ1) is 14.4. The Labute approximate surface area is 123 Å². The highest BCUT2D eigenvalue weighted by molar-refractivity contribution is 6.35. The number of nitrogens with one attached hydrogen (secondary N) is 1. The van der Waals surface area contributed by atoms with Crippen molar-refractivity contribution in [2.24, 2.45) is 0 Å². The molecule has 19 heavy (non-hydrogen) atoms. The largest absolute Gasteiger partial charge is 0.338 e. The molecule has 5 heteroatoms. The van der Waals surface area contributed by atoms with Gasteiger partial charge in [-0.05, 0) is 36.7 Å². The van der Waals surface area contributed by atoms with Gasteiger partial charge in [0.2, 0.25) is 5.91 Å². The summed E-state index contributed by atoms with van der Waals surface area (Å²) in [6.45, 7) is 3.36. The van der Waals surface area contributed by atoms with Gasteiger partial charge in [0, 0.05) is 35.8 Å². The minimum Gasteiger partial charge on any atom is -0.338 e. The van der Waals surface area contributed by atoms with Crippen LogP contribution in [0, 0.1) is 0 Å². The topological polar surface area (TPSA) is 32.3 Å². The third kappa shape index (κ3) is 4.23. The zero-order valence-corrected chi connectivity index (χ0v) is 12.0. The van der Waals surface area contributed by atoms with Gasteiger partial charge in [-0.3, -0.25) is 4.79 Å². The molecule has 1 aromatic carbocycles. The molecule has 0 saturated carbocycles. The highest BCUT2D eigenvalue weighted by Gasteiger charge is 2.12. The Kier molecular flexibility index (Phi) is 5.25. The molecule has 1 fully saturated rings. The molecule has 0 radical (unpaired) electrons. The number of halogens is 2. The molecule has 1 aliphatic heterocycles. The minimum absolute atomic E-state index is 0.0229. The second kappa shape index (κ2) is 6.94. The van der Waals surface area contributed by atoms with Gasteiger partial charge in [-0.15, -0.1) is 0 Å². The fourth-order valence-electron chi connectivity index (χ4n) is 1.97. The summed E-state index contributed by atoms with van der Waals surface area (Å²) in [6.07, 6.45) is 4.29. The molecule has 1 heterocycles. The second-order valence-corrected chi connectivity index (χ2v) is 5.27. The Balaban J connectivity index is 2.02. The molecule has 0 unspecified atom stereocenters. The Morgan fingerprint density at radius 2 is 2.11 bits per heavy atom. The third-order valence-electron chi connectivity index (χ3n) is 3.02. The van der Waals surface area contributed by atoms with Crippen LogP contribution in [-0.2, 0) is 4.79 Å². The van der Waals surface area contributed by atoms with Crippen molar-refractivity contribution in [3.63, 3.8) is 0 Å². The molecule has 1 N–H and O–H groups in total. The van der Waals surface area contributed by atoms with Gasteiger partial charge in [-0.2, -0.15) is 0 Å². The van der Waals surface area contributed by atoms with E-state index in [-0.39, 0.29) is 5.91 Å². The molecule has 2 rings (SSSR count). The van der Waals surface area contributed by atoms with Crippen LogP contribution in [0.25, 0.3) is 6.08 Å². The lowest BCUT2D eigenvalue weighted by Gasteiger charge is -2.17. The van der Waals surface area contributed by atoms with E-state index in [1.165, 1.54) is 0 Å². The summed E-state index contributed by atoms with van der Waals surface area (Å²) in [5, 5.41) is 4.41. The number of carbonyl (C=O) groups is 1. The van der Waals surface area contributed by atoms with E-state index >= 15 is 0 Å². The van der Waals surface area contributed by atoms with Crippen LogP contribution < -0.4 is 5.32 Å². The van der Waals surface area contributed by atoms with E-state index in [0.717, 1.165) is 38.2 Å². The summed E-state index contributed by atoms with van der Waals surface area (Å²) in [5.41, 5.74) is 0.798. The molecular weight excluding hydrogens is 283 g/mol. The Morgan fingerprint density at radius 1 is 1.26 bits per heavy atom. The van der Waals surface area contributed by atoms with Crippen molar-refractivity contribution in [3.05, 3.63) is 39.9 Å². The maximum Gasteiger partial charge on any atom is 0.246 e. The normalized spacial score (nSPS) is 16.6. The number of hydrogen-bond acceptors (Lipinski definition) is 2. The van der Waals surface area contributed by atoms with Gasteiger partial charge in [0.1, 0.15) is 0 Å². The standard InChI is InChI=1S/C14H16Cl2N2O/c15-12-4-2-11(13(16)10-12)3-5-14(19)18-8-1-6-17-7-9-18/h2-5,10,17H,1,6-9H2/b5-3+. The Morgan fingerprint density at radius 3 is 2.89 bits per heavy atom. The van der Waals surface area contributed by atoms with Crippen molar-refractivity contribution in [1.29, 1.82) is 0 Å². The van der Waals surface area contributed by atoms with Gasteiger partial charge in [-0.1, -0.05) is 29.3 Å². The SMILES string of the molecule is O=C(/C=C/c1ccc(Cl)cc1Cl)N1CCCNCC1. The van der Waals surface area contributed by atoms with E-state index < -0.39 is 0 Å². The smallest absolute Gasteiger partial charge is 0.246 e. The number of hydrogen-bond donors (Lipinski definition) is 1. The monoisotopic (exact) mass is 298 g/mol. The van der Waals surface area contributed by atoms with Crippen LogP contribution in [0.1, 0.15) is 12.0 Å². The predicted octanol–water partition coefficient (Wildman–Crippen LogP) is 2.83. The summed E-state index contributed by atoms with van der Waals surface area (Å²) in [4.78, 5) is 13.9. The molecule has 0 bridgehead atoms. The molecule has 3 nitrogen and oxygen atoms in total. The van der Waals surface area contributed by atoms with Crippen molar-refractivity contribution in [2.75, 3.05) is 26.2 Å². The van der Waals surface area contributed by atoms with E-state index in [1.807, 2.05) is 4.90 Å². The Bertz CT molecular complexity index is 480. The molecule has 102 valence electrons. The quantitative estimate of drug-likeness (QED) is 0.852. The predicted molar refractivity (Wildman–Crippen MR) is 79.6 cm³/mol. The molecule has 1 aromatic rings. The third-order valence-corrected chi connectivity index (χ3v) is 3.58. The van der Waals surface area contributed by atoms with Gasteiger partial charge in [0.25, 0.3) is 0 Å². The molecular formula is C14H16Cl2N2O. The van der Waals surface area contributed by atoms with E-state index in [9.17, 15) is 4.79 Å². The first-order chi connectivity index (χ1) is 9.16. The van der Waals surface area contributed by atoms with Gasteiger partial charge in [0.05, 0.1) is 0 Å². The maximum absolute atomic E-state index is 12.0. The molecule has 1 amide bonds. The van der Waals surface area contributed by atoms with Crippen molar-refractivity contribution in [1.82, 2.24) is 10.2 Å². The first-order valence-electron chi connectivity index (χ1n) is 6.29. The summed E-state index contributed by atoms with van der Waals surface area (Å²) in [6, 6.07) is 5.23. The van der Waals surface area contributed by atoms with Crippen LogP contribution in [0.3, 0.4) is 0 Å². The van der Waals surface area contributed by atoms with E-state index in [4.69, 9.17) is 23.2 Å². The lowest BCUT2D eigenvalue weighted by Crippen LogP contribution is -2.32.